The van der Waals surface area contributed by atoms with Crippen molar-refractivity contribution in [2.45, 2.75) is 19.3 Å². The topological polar surface area (TPSA) is 82.6 Å². The lowest BCUT2D eigenvalue weighted by Gasteiger charge is -2.35. The van der Waals surface area contributed by atoms with Crippen molar-refractivity contribution in [2.24, 2.45) is 0 Å². The highest BCUT2D eigenvalue weighted by Crippen LogP contribution is 2.24. The number of hydrogen-bond acceptors (Lipinski definition) is 5. The molecule has 3 heterocycles. The van der Waals surface area contributed by atoms with Crippen molar-refractivity contribution in [3.05, 3.63) is 53.7 Å². The number of Topliss-reactive ketones (excluding diaryl/α,β-unsaturated/α-hetero) is 1. The van der Waals surface area contributed by atoms with Crippen LogP contribution < -0.4 is 10.2 Å². The van der Waals surface area contributed by atoms with E-state index in [4.69, 9.17) is 0 Å². The van der Waals surface area contributed by atoms with Gasteiger partial charge < -0.3 is 15.1 Å². The fourth-order valence-corrected chi connectivity index (χ4v) is 3.65. The first-order valence-corrected chi connectivity index (χ1v) is 9.50. The molecule has 7 nitrogen and oxygen atoms in total. The molecule has 144 valence electrons. The van der Waals surface area contributed by atoms with Crippen molar-refractivity contribution in [1.82, 2.24) is 9.88 Å². The number of hydrogen-bond donors (Lipinski definition) is 1. The maximum atomic E-state index is 12.5. The fraction of sp³-hybridized carbons (Fsp3) is 0.333. The van der Waals surface area contributed by atoms with E-state index in [1.807, 2.05) is 23.1 Å². The molecule has 1 fully saturated rings. The van der Waals surface area contributed by atoms with Crippen LogP contribution in [0.5, 0.6) is 0 Å². The molecule has 0 aliphatic carbocycles. The number of amides is 2. The normalized spacial score (nSPS) is 15.9. The summed E-state index contributed by atoms with van der Waals surface area (Å²) in [5.41, 5.74) is 2.17. The van der Waals surface area contributed by atoms with Crippen molar-refractivity contribution in [2.75, 3.05) is 36.4 Å². The quantitative estimate of drug-likeness (QED) is 0.804. The first-order chi connectivity index (χ1) is 13.6. The number of carbonyl (C=O) groups excluding carboxylic acids is 3. The number of rotatable bonds is 5. The number of carbonyl (C=O) groups is 3. The number of ketones is 1. The lowest BCUT2D eigenvalue weighted by molar-refractivity contribution is -0.131. The Balaban J connectivity index is 1.27. The summed E-state index contributed by atoms with van der Waals surface area (Å²) < 4.78 is 0. The van der Waals surface area contributed by atoms with E-state index in [2.05, 4.69) is 15.2 Å². The fourth-order valence-electron chi connectivity index (χ4n) is 3.65. The Bertz CT molecular complexity index is 905. The molecular weight excluding hydrogens is 356 g/mol. The monoisotopic (exact) mass is 378 g/mol. The Kier molecular flexibility index (Phi) is 5.06. The standard InChI is InChI=1S/C21H22N4O3/c26-18(15-4-5-17-16(13-15)14-20(27)23-17)6-7-21(28)25-11-9-24(10-12-25)19-3-1-2-8-22-19/h1-5,8,13H,6-7,9-12,14H2,(H,23,27). The van der Waals surface area contributed by atoms with Crippen molar-refractivity contribution >= 4 is 29.1 Å². The second-order valence-electron chi connectivity index (χ2n) is 7.08. The van der Waals surface area contributed by atoms with Crippen LogP contribution in [0.25, 0.3) is 0 Å². The second kappa shape index (κ2) is 7.80. The number of aromatic nitrogens is 1. The van der Waals surface area contributed by atoms with Gasteiger partial charge in [-0.15, -0.1) is 0 Å². The smallest absolute Gasteiger partial charge is 0.228 e. The molecule has 0 bridgehead atoms. The van der Waals surface area contributed by atoms with Crippen LogP contribution >= 0.6 is 0 Å². The molecule has 2 aliphatic heterocycles. The van der Waals surface area contributed by atoms with E-state index < -0.39 is 0 Å². The molecule has 28 heavy (non-hydrogen) atoms. The zero-order valence-electron chi connectivity index (χ0n) is 15.6. The molecule has 7 heteroatoms. The van der Waals surface area contributed by atoms with Crippen LogP contribution in [0.3, 0.4) is 0 Å². The zero-order chi connectivity index (χ0) is 19.5. The molecule has 0 spiro atoms. The van der Waals surface area contributed by atoms with Crippen molar-refractivity contribution in [3.8, 4) is 0 Å². The Morgan fingerprint density at radius 1 is 1.04 bits per heavy atom. The Morgan fingerprint density at radius 3 is 2.61 bits per heavy atom. The van der Waals surface area contributed by atoms with Crippen LogP contribution in [-0.4, -0.2) is 53.7 Å². The predicted molar refractivity (Wildman–Crippen MR) is 105 cm³/mol. The number of piperazine rings is 1. The molecule has 4 rings (SSSR count). The molecule has 1 N–H and O–H groups in total. The minimum Gasteiger partial charge on any atom is -0.353 e. The molecule has 1 aromatic heterocycles. The number of pyridine rings is 1. The van der Waals surface area contributed by atoms with E-state index in [1.165, 1.54) is 0 Å². The van der Waals surface area contributed by atoms with Crippen LogP contribution in [0.4, 0.5) is 11.5 Å². The predicted octanol–water partition coefficient (Wildman–Crippen LogP) is 1.89. The van der Waals surface area contributed by atoms with Crippen LogP contribution in [0.1, 0.15) is 28.8 Å². The minimum absolute atomic E-state index is 0.00650. The number of nitrogens with zero attached hydrogens (tertiary/aromatic N) is 3. The maximum Gasteiger partial charge on any atom is 0.228 e. The highest BCUT2D eigenvalue weighted by molar-refractivity contribution is 6.02. The van der Waals surface area contributed by atoms with Gasteiger partial charge in [0.05, 0.1) is 6.42 Å². The van der Waals surface area contributed by atoms with Gasteiger partial charge in [0, 0.05) is 56.5 Å². The summed E-state index contributed by atoms with van der Waals surface area (Å²) in [6.07, 6.45) is 2.45. The van der Waals surface area contributed by atoms with Gasteiger partial charge in [0.1, 0.15) is 5.82 Å². The Morgan fingerprint density at radius 2 is 1.86 bits per heavy atom. The average molecular weight is 378 g/mol. The molecule has 0 atom stereocenters. The second-order valence-corrected chi connectivity index (χ2v) is 7.08. The molecule has 1 aromatic carbocycles. The molecule has 0 saturated carbocycles. The van der Waals surface area contributed by atoms with E-state index in [-0.39, 0.29) is 30.4 Å². The molecule has 2 aromatic rings. The Hall–Kier alpha value is -3.22. The van der Waals surface area contributed by atoms with Gasteiger partial charge in [-0.1, -0.05) is 6.07 Å². The highest BCUT2D eigenvalue weighted by atomic mass is 16.2. The average Bonchev–Trinajstić information content (AvgIpc) is 3.11. The summed E-state index contributed by atoms with van der Waals surface area (Å²) in [5.74, 6) is 0.809. The van der Waals surface area contributed by atoms with Gasteiger partial charge in [-0.25, -0.2) is 4.98 Å². The van der Waals surface area contributed by atoms with Gasteiger partial charge in [-0.2, -0.15) is 0 Å². The SMILES string of the molecule is O=C1Cc2cc(C(=O)CCC(=O)N3CCN(c4ccccn4)CC3)ccc2N1. The summed E-state index contributed by atoms with van der Waals surface area (Å²) in [6.45, 7) is 2.75. The zero-order valence-corrected chi connectivity index (χ0v) is 15.6. The summed E-state index contributed by atoms with van der Waals surface area (Å²) in [4.78, 5) is 44.7. The van der Waals surface area contributed by atoms with Gasteiger partial charge in [-0.3, -0.25) is 14.4 Å². The molecule has 1 saturated heterocycles. The minimum atomic E-state index is -0.0670. The van der Waals surface area contributed by atoms with Gasteiger partial charge in [0.2, 0.25) is 11.8 Å². The van der Waals surface area contributed by atoms with Gasteiger partial charge >= 0.3 is 0 Å². The summed E-state index contributed by atoms with van der Waals surface area (Å²) in [7, 11) is 0. The lowest BCUT2D eigenvalue weighted by Crippen LogP contribution is -2.49. The first-order valence-electron chi connectivity index (χ1n) is 9.50. The molecule has 2 amide bonds. The molecule has 0 unspecified atom stereocenters. The van der Waals surface area contributed by atoms with E-state index in [0.717, 1.165) is 30.2 Å². The number of benzene rings is 1. The molecular formula is C21H22N4O3. The van der Waals surface area contributed by atoms with Crippen LogP contribution in [0.2, 0.25) is 0 Å². The summed E-state index contributed by atoms with van der Waals surface area (Å²) >= 11 is 0. The third-order valence-corrected chi connectivity index (χ3v) is 5.22. The molecule has 2 aliphatic rings. The van der Waals surface area contributed by atoms with Crippen LogP contribution in [0, 0.1) is 0 Å². The molecule has 0 radical (unpaired) electrons. The largest absolute Gasteiger partial charge is 0.353 e. The van der Waals surface area contributed by atoms with Gasteiger partial charge in [0.15, 0.2) is 5.78 Å². The van der Waals surface area contributed by atoms with Crippen molar-refractivity contribution < 1.29 is 14.4 Å². The first kappa shape index (κ1) is 18.2. The number of anilines is 2. The van der Waals surface area contributed by atoms with Crippen molar-refractivity contribution in [1.29, 1.82) is 0 Å². The highest BCUT2D eigenvalue weighted by Gasteiger charge is 2.23. The number of nitrogens with one attached hydrogen (secondary N) is 1. The number of fused-ring (bicyclic) bond motifs is 1. The third kappa shape index (κ3) is 3.88. The van der Waals surface area contributed by atoms with E-state index in [9.17, 15) is 14.4 Å². The maximum absolute atomic E-state index is 12.5. The summed E-state index contributed by atoms with van der Waals surface area (Å²) in [5, 5.41) is 2.75. The Labute approximate surface area is 163 Å². The van der Waals surface area contributed by atoms with E-state index in [1.54, 1.807) is 24.4 Å². The van der Waals surface area contributed by atoms with Gasteiger partial charge in [0.25, 0.3) is 0 Å². The third-order valence-electron chi connectivity index (χ3n) is 5.22. The van der Waals surface area contributed by atoms with E-state index in [0.29, 0.717) is 25.1 Å². The van der Waals surface area contributed by atoms with Gasteiger partial charge in [-0.05, 0) is 35.9 Å². The lowest BCUT2D eigenvalue weighted by atomic mass is 10.0. The van der Waals surface area contributed by atoms with Crippen molar-refractivity contribution in [3.63, 3.8) is 0 Å². The van der Waals surface area contributed by atoms with Crippen LogP contribution in [0.15, 0.2) is 42.6 Å². The van der Waals surface area contributed by atoms with E-state index >= 15 is 0 Å². The van der Waals surface area contributed by atoms with Crippen LogP contribution in [-0.2, 0) is 16.0 Å². The summed E-state index contributed by atoms with van der Waals surface area (Å²) in [6, 6.07) is 11.0.